The second-order valence-electron chi connectivity index (χ2n) is 7.73. The molecule has 0 amide bonds. The minimum absolute atomic E-state index is 0.0596. The molecule has 0 aliphatic carbocycles. The maximum Gasteiger partial charge on any atom is 0.270 e. The van der Waals surface area contributed by atoms with Crippen LogP contribution in [0.15, 0.2) is 41.2 Å². The highest BCUT2D eigenvalue weighted by molar-refractivity contribution is 6.31. The third-order valence-electron chi connectivity index (χ3n) is 5.85. The second kappa shape index (κ2) is 8.39. The van der Waals surface area contributed by atoms with Crippen LogP contribution in [0.2, 0.25) is 5.02 Å². The number of aryl methyl sites for hydroxylation is 1. The van der Waals surface area contributed by atoms with Crippen LogP contribution in [0.5, 0.6) is 0 Å². The van der Waals surface area contributed by atoms with Gasteiger partial charge in [0.1, 0.15) is 28.9 Å². The van der Waals surface area contributed by atoms with Crippen LogP contribution in [0.3, 0.4) is 0 Å². The van der Waals surface area contributed by atoms with Crippen LogP contribution in [0.4, 0.5) is 5.69 Å². The van der Waals surface area contributed by atoms with Crippen molar-refractivity contribution in [3.63, 3.8) is 0 Å². The molecule has 0 spiro atoms. The lowest BCUT2D eigenvalue weighted by Crippen LogP contribution is -2.52. The first kappa shape index (κ1) is 20.9. The van der Waals surface area contributed by atoms with Crippen molar-refractivity contribution < 1.29 is 0 Å². The fraction of sp³-hybridized carbons (Fsp3) is 0.304. The molecule has 1 aliphatic heterocycles. The molecule has 0 unspecified atom stereocenters. The topological polar surface area (TPSA) is 88.9 Å². The van der Waals surface area contributed by atoms with Crippen LogP contribution in [0.25, 0.3) is 11.0 Å². The number of aromatic nitrogens is 2. The molecule has 1 atom stereocenters. The van der Waals surface area contributed by atoms with Gasteiger partial charge >= 0.3 is 0 Å². The summed E-state index contributed by atoms with van der Waals surface area (Å²) in [7, 11) is 1.62. The molecule has 0 radical (unpaired) electrons. The molecular formula is C23H21ClN6O. The highest BCUT2D eigenvalue weighted by Gasteiger charge is 2.29. The number of anilines is 1. The first-order chi connectivity index (χ1) is 14.9. The first-order valence-electron chi connectivity index (χ1n) is 10.0. The molecule has 7 nitrogen and oxygen atoms in total. The molecule has 156 valence electrons. The lowest BCUT2D eigenvalue weighted by Gasteiger charge is -2.41. The van der Waals surface area contributed by atoms with Gasteiger partial charge in [-0.1, -0.05) is 29.8 Å². The van der Waals surface area contributed by atoms with Gasteiger partial charge in [-0.05, 0) is 30.7 Å². The molecule has 0 N–H and O–H groups in total. The molecular weight excluding hydrogens is 412 g/mol. The van der Waals surface area contributed by atoms with E-state index in [-0.39, 0.29) is 22.9 Å². The van der Waals surface area contributed by atoms with Gasteiger partial charge in [-0.3, -0.25) is 9.69 Å². The molecule has 2 aromatic heterocycles. The lowest BCUT2D eigenvalue weighted by molar-refractivity contribution is 0.181. The molecule has 0 saturated carbocycles. The summed E-state index contributed by atoms with van der Waals surface area (Å²) in [5, 5.41) is 19.8. The van der Waals surface area contributed by atoms with E-state index in [1.165, 1.54) is 4.57 Å². The van der Waals surface area contributed by atoms with Gasteiger partial charge in [0.15, 0.2) is 0 Å². The summed E-state index contributed by atoms with van der Waals surface area (Å²) in [5.74, 6) is 0. The molecule has 31 heavy (non-hydrogen) atoms. The molecule has 1 saturated heterocycles. The van der Waals surface area contributed by atoms with Crippen molar-refractivity contribution in [3.8, 4) is 12.1 Å². The van der Waals surface area contributed by atoms with Gasteiger partial charge in [-0.2, -0.15) is 10.5 Å². The number of nitrogens with zero attached hydrogens (tertiary/aromatic N) is 6. The zero-order chi connectivity index (χ0) is 22.1. The predicted octanol–water partition coefficient (Wildman–Crippen LogP) is 3.04. The molecule has 1 fully saturated rings. The van der Waals surface area contributed by atoms with Crippen molar-refractivity contribution in [1.29, 1.82) is 10.5 Å². The number of fused-ring (bicyclic) bond motifs is 1. The second-order valence-corrected chi connectivity index (χ2v) is 8.14. The third-order valence-corrected chi connectivity index (χ3v) is 6.22. The van der Waals surface area contributed by atoms with E-state index >= 15 is 0 Å². The molecule has 3 aromatic rings. The fourth-order valence-electron chi connectivity index (χ4n) is 4.14. The number of hydrogen-bond donors (Lipinski definition) is 0. The normalized spacial score (nSPS) is 16.8. The SMILES string of the molecule is C[C@@H]1CN(c2c(C#N)c(=O)n(C)c3ccc(C#N)nc23)CCN1Cc1ccccc1Cl. The Labute approximate surface area is 185 Å². The lowest BCUT2D eigenvalue weighted by atomic mass is 10.1. The van der Waals surface area contributed by atoms with Crippen LogP contribution in [0.1, 0.15) is 23.7 Å². The predicted molar refractivity (Wildman–Crippen MR) is 120 cm³/mol. The fourth-order valence-corrected chi connectivity index (χ4v) is 4.34. The van der Waals surface area contributed by atoms with E-state index in [0.29, 0.717) is 29.8 Å². The monoisotopic (exact) mass is 432 g/mol. The largest absolute Gasteiger partial charge is 0.366 e. The average molecular weight is 433 g/mol. The average Bonchev–Trinajstić information content (AvgIpc) is 2.78. The number of rotatable bonds is 3. The van der Waals surface area contributed by atoms with Crippen LogP contribution >= 0.6 is 11.6 Å². The Morgan fingerprint density at radius 3 is 2.61 bits per heavy atom. The quantitative estimate of drug-likeness (QED) is 0.632. The van der Waals surface area contributed by atoms with Crippen LogP contribution in [0, 0.1) is 22.7 Å². The Bertz CT molecular complexity index is 1300. The number of benzene rings is 1. The maximum atomic E-state index is 12.9. The van der Waals surface area contributed by atoms with E-state index < -0.39 is 0 Å². The zero-order valence-electron chi connectivity index (χ0n) is 17.3. The number of halogens is 1. The van der Waals surface area contributed by atoms with Crippen molar-refractivity contribution in [2.45, 2.75) is 19.5 Å². The highest BCUT2D eigenvalue weighted by Crippen LogP contribution is 2.30. The Kier molecular flexibility index (Phi) is 5.65. The van der Waals surface area contributed by atoms with Gasteiger partial charge < -0.3 is 9.47 Å². The smallest absolute Gasteiger partial charge is 0.270 e. The van der Waals surface area contributed by atoms with Crippen molar-refractivity contribution in [2.75, 3.05) is 24.5 Å². The standard InChI is InChI=1S/C23H21ClN6O/c1-15-13-30(10-9-29(15)14-16-5-3-4-6-19(16)24)22-18(12-26)23(31)28(2)20-8-7-17(11-25)27-21(20)22/h3-8,15H,9-10,13-14H2,1-2H3/t15-/m1/s1. The summed E-state index contributed by atoms with van der Waals surface area (Å²) >= 11 is 6.34. The summed E-state index contributed by atoms with van der Waals surface area (Å²) < 4.78 is 1.42. The van der Waals surface area contributed by atoms with E-state index in [1.807, 2.05) is 35.2 Å². The van der Waals surface area contributed by atoms with Gasteiger partial charge in [0.05, 0.1) is 11.2 Å². The van der Waals surface area contributed by atoms with Crippen molar-refractivity contribution in [2.24, 2.45) is 7.05 Å². The highest BCUT2D eigenvalue weighted by atomic mass is 35.5. The molecule has 1 aromatic carbocycles. The third kappa shape index (κ3) is 3.74. The molecule has 4 rings (SSSR count). The van der Waals surface area contributed by atoms with Gasteiger partial charge in [-0.25, -0.2) is 4.98 Å². The number of hydrogen-bond acceptors (Lipinski definition) is 6. The van der Waals surface area contributed by atoms with E-state index in [4.69, 9.17) is 11.6 Å². The summed E-state index contributed by atoms with van der Waals surface area (Å²) in [4.78, 5) is 21.7. The van der Waals surface area contributed by atoms with Gasteiger partial charge in [0.2, 0.25) is 0 Å². The van der Waals surface area contributed by atoms with Crippen molar-refractivity contribution in [1.82, 2.24) is 14.5 Å². The van der Waals surface area contributed by atoms with E-state index in [2.05, 4.69) is 22.9 Å². The molecule has 1 aliphatic rings. The number of pyridine rings is 2. The van der Waals surface area contributed by atoms with E-state index in [1.54, 1.807) is 19.2 Å². The Hall–Kier alpha value is -3.39. The Morgan fingerprint density at radius 2 is 1.94 bits per heavy atom. The van der Waals surface area contributed by atoms with E-state index in [0.717, 1.165) is 23.7 Å². The minimum Gasteiger partial charge on any atom is -0.366 e. The Morgan fingerprint density at radius 1 is 1.16 bits per heavy atom. The zero-order valence-corrected chi connectivity index (χ0v) is 18.1. The maximum absolute atomic E-state index is 12.9. The molecule has 8 heteroatoms. The number of nitriles is 2. The van der Waals surface area contributed by atoms with Gasteiger partial charge in [-0.15, -0.1) is 0 Å². The van der Waals surface area contributed by atoms with Crippen LogP contribution < -0.4 is 10.5 Å². The molecule has 3 heterocycles. The van der Waals surface area contributed by atoms with Crippen LogP contribution in [-0.4, -0.2) is 40.1 Å². The van der Waals surface area contributed by atoms with Crippen molar-refractivity contribution in [3.05, 3.63) is 68.6 Å². The van der Waals surface area contributed by atoms with E-state index in [9.17, 15) is 15.3 Å². The summed E-state index contributed by atoms with van der Waals surface area (Å²) in [6.45, 7) is 4.84. The summed E-state index contributed by atoms with van der Waals surface area (Å²) in [6.07, 6.45) is 0. The first-order valence-corrected chi connectivity index (χ1v) is 10.4. The molecule has 0 bridgehead atoms. The Balaban J connectivity index is 1.72. The summed E-state index contributed by atoms with van der Waals surface area (Å²) in [5.41, 5.74) is 2.64. The van der Waals surface area contributed by atoms with Crippen molar-refractivity contribution >= 4 is 28.3 Å². The summed E-state index contributed by atoms with van der Waals surface area (Å²) in [6, 6.07) is 15.4. The van der Waals surface area contributed by atoms with Gasteiger partial charge in [0, 0.05) is 44.3 Å². The minimum atomic E-state index is -0.359. The van der Waals surface area contributed by atoms with Crippen LogP contribution in [-0.2, 0) is 13.6 Å². The number of piperazine rings is 1. The van der Waals surface area contributed by atoms with Gasteiger partial charge in [0.25, 0.3) is 5.56 Å².